The molecule has 8 bridgehead atoms. The number of aromatic nitrogens is 2. The van der Waals surface area contributed by atoms with E-state index in [0.29, 0.717) is 0 Å². The Bertz CT molecular complexity index is 1950. The number of hydrogen-bond acceptors (Lipinski definition) is 2. The molecule has 5 heterocycles. The minimum Gasteiger partial charge on any atom is -0.353 e. The van der Waals surface area contributed by atoms with Crippen molar-refractivity contribution in [1.82, 2.24) is 9.97 Å². The first kappa shape index (κ1) is 25.7. The molecule has 0 saturated carbocycles. The van der Waals surface area contributed by atoms with Crippen molar-refractivity contribution in [3.8, 4) is 11.4 Å². The van der Waals surface area contributed by atoms with Crippen molar-refractivity contribution in [3.05, 3.63) is 139 Å². The maximum Gasteiger partial charge on any atom is 0.0894 e. The SMILES string of the molecule is Cc1cc(C)c(C2=C3C=CC(=N3)C3=NC(=C(c4c(C)cc(C)cc4C)c4[nH]c(cc4Br)-c4ccc2[nH]4)C=C3)c(C)c1. The zero-order valence-electron chi connectivity index (χ0n) is 24.1. The Morgan fingerprint density at radius 3 is 1.59 bits per heavy atom. The third-order valence-electron chi connectivity index (χ3n) is 8.17. The molecule has 0 unspecified atom stereocenters. The number of nitrogens with zero attached hydrogens (tertiary/aromatic N) is 2. The number of rotatable bonds is 2. The van der Waals surface area contributed by atoms with Gasteiger partial charge < -0.3 is 9.97 Å². The van der Waals surface area contributed by atoms with Crippen LogP contribution < -0.4 is 0 Å². The first-order chi connectivity index (χ1) is 19.7. The Kier molecular flexibility index (Phi) is 5.91. The van der Waals surface area contributed by atoms with Gasteiger partial charge in [0.15, 0.2) is 0 Å². The fraction of sp³-hybridized carbons (Fsp3) is 0.167. The summed E-state index contributed by atoms with van der Waals surface area (Å²) in [5, 5.41) is 0. The van der Waals surface area contributed by atoms with E-state index >= 15 is 0 Å². The third-order valence-corrected chi connectivity index (χ3v) is 8.80. The molecule has 7 rings (SSSR count). The quantitative estimate of drug-likeness (QED) is 0.231. The molecular formula is C36H31BrN4. The number of aliphatic imine (C=N–C) groups is 2. The van der Waals surface area contributed by atoms with Crippen LogP contribution in [0.1, 0.15) is 55.9 Å². The fourth-order valence-corrected chi connectivity index (χ4v) is 7.20. The van der Waals surface area contributed by atoms with E-state index in [4.69, 9.17) is 9.98 Å². The molecule has 3 aliphatic heterocycles. The molecule has 41 heavy (non-hydrogen) atoms. The Balaban J connectivity index is 1.55. The molecule has 2 aromatic heterocycles. The summed E-state index contributed by atoms with van der Waals surface area (Å²) in [4.78, 5) is 17.8. The topological polar surface area (TPSA) is 56.3 Å². The summed E-state index contributed by atoms with van der Waals surface area (Å²) < 4.78 is 1.00. The second-order valence-corrected chi connectivity index (χ2v) is 12.3. The van der Waals surface area contributed by atoms with Crippen molar-refractivity contribution in [2.24, 2.45) is 9.98 Å². The predicted octanol–water partition coefficient (Wildman–Crippen LogP) is 9.18. The second-order valence-electron chi connectivity index (χ2n) is 11.4. The van der Waals surface area contributed by atoms with Crippen molar-refractivity contribution in [2.45, 2.75) is 41.5 Å². The van der Waals surface area contributed by atoms with Crippen molar-refractivity contribution >= 4 is 38.5 Å². The summed E-state index contributed by atoms with van der Waals surface area (Å²) in [6.07, 6.45) is 8.43. The van der Waals surface area contributed by atoms with Crippen LogP contribution in [0.15, 0.2) is 92.6 Å². The number of allylic oxidation sites excluding steroid dienone is 4. The van der Waals surface area contributed by atoms with Crippen molar-refractivity contribution in [3.63, 3.8) is 0 Å². The molecule has 2 N–H and O–H groups in total. The number of halogens is 1. The molecular weight excluding hydrogens is 568 g/mol. The number of hydrogen-bond donors (Lipinski definition) is 2. The van der Waals surface area contributed by atoms with E-state index in [9.17, 15) is 0 Å². The molecule has 4 aromatic rings. The highest BCUT2D eigenvalue weighted by Crippen LogP contribution is 2.41. The van der Waals surface area contributed by atoms with E-state index in [0.717, 1.165) is 61.2 Å². The molecule has 5 heteroatoms. The van der Waals surface area contributed by atoms with Crippen LogP contribution in [0.5, 0.6) is 0 Å². The van der Waals surface area contributed by atoms with Crippen LogP contribution in [0, 0.1) is 41.5 Å². The van der Waals surface area contributed by atoms with Gasteiger partial charge in [-0.1, -0.05) is 35.4 Å². The summed E-state index contributed by atoms with van der Waals surface area (Å²) in [7, 11) is 0. The Labute approximate surface area is 249 Å². The Morgan fingerprint density at radius 1 is 0.537 bits per heavy atom. The Morgan fingerprint density at radius 2 is 1.02 bits per heavy atom. The van der Waals surface area contributed by atoms with Gasteiger partial charge >= 0.3 is 0 Å². The second kappa shape index (κ2) is 9.42. The zero-order chi connectivity index (χ0) is 28.6. The maximum absolute atomic E-state index is 5.18. The molecule has 0 amide bonds. The third kappa shape index (κ3) is 4.18. The molecule has 2 aromatic carbocycles. The lowest BCUT2D eigenvalue weighted by atomic mass is 9.90. The van der Waals surface area contributed by atoms with Gasteiger partial charge in [0, 0.05) is 21.3 Å². The van der Waals surface area contributed by atoms with Gasteiger partial charge in [-0.15, -0.1) is 0 Å². The van der Waals surface area contributed by atoms with Gasteiger partial charge in [0.05, 0.1) is 39.9 Å². The van der Waals surface area contributed by atoms with E-state index in [1.54, 1.807) is 0 Å². The van der Waals surface area contributed by atoms with E-state index < -0.39 is 0 Å². The van der Waals surface area contributed by atoms with Gasteiger partial charge in [-0.2, -0.15) is 0 Å². The molecule has 4 nitrogen and oxygen atoms in total. The highest BCUT2D eigenvalue weighted by Gasteiger charge is 2.26. The average Bonchev–Trinajstić information content (AvgIpc) is 3.70. The lowest BCUT2D eigenvalue weighted by Gasteiger charge is -2.17. The molecule has 0 atom stereocenters. The smallest absolute Gasteiger partial charge is 0.0894 e. The summed E-state index contributed by atoms with van der Waals surface area (Å²) in [6.45, 7) is 13.0. The lowest BCUT2D eigenvalue weighted by Crippen LogP contribution is -2.05. The summed E-state index contributed by atoms with van der Waals surface area (Å²) in [6, 6.07) is 15.5. The first-order valence-corrected chi connectivity index (χ1v) is 14.7. The predicted molar refractivity (Wildman–Crippen MR) is 175 cm³/mol. The van der Waals surface area contributed by atoms with Gasteiger partial charge in [-0.3, -0.25) is 0 Å². The first-order valence-electron chi connectivity index (χ1n) is 14.0. The summed E-state index contributed by atoms with van der Waals surface area (Å²) >= 11 is 3.90. The van der Waals surface area contributed by atoms with Gasteiger partial charge in [0.25, 0.3) is 0 Å². The van der Waals surface area contributed by atoms with E-state index in [-0.39, 0.29) is 0 Å². The molecule has 0 aliphatic carbocycles. The van der Waals surface area contributed by atoms with Crippen molar-refractivity contribution < 1.29 is 0 Å². The lowest BCUT2D eigenvalue weighted by molar-refractivity contribution is 1.23. The van der Waals surface area contributed by atoms with Crippen LogP contribution in [-0.4, -0.2) is 21.4 Å². The molecule has 0 radical (unpaired) electrons. The minimum absolute atomic E-state index is 0.870. The van der Waals surface area contributed by atoms with Crippen molar-refractivity contribution in [1.29, 1.82) is 0 Å². The van der Waals surface area contributed by atoms with Gasteiger partial charge in [0.1, 0.15) is 0 Å². The number of nitrogens with one attached hydrogen (secondary N) is 2. The number of aryl methyl sites for hydroxylation is 6. The number of H-pyrrole nitrogens is 2. The van der Waals surface area contributed by atoms with Crippen LogP contribution in [-0.2, 0) is 0 Å². The maximum atomic E-state index is 5.18. The molecule has 0 saturated heterocycles. The van der Waals surface area contributed by atoms with E-state index in [1.807, 2.05) is 0 Å². The highest BCUT2D eigenvalue weighted by atomic mass is 79.9. The van der Waals surface area contributed by atoms with Crippen LogP contribution in [0.2, 0.25) is 0 Å². The largest absolute Gasteiger partial charge is 0.353 e. The standard InChI is InChI=1S/C36H31BrN4/c1-18-13-20(3)32(21(4)14-18)34-28-10-7-25(38-28)26-8-12-30(39-26)35(33-22(5)15-19(2)16-23(33)6)36-24(37)17-31(41-36)27-9-11-29(34)40-27/h7-17,40-41H,1-6H3. The Hall–Kier alpha value is -4.22. The average molecular weight is 600 g/mol. The zero-order valence-corrected chi connectivity index (χ0v) is 25.7. The van der Waals surface area contributed by atoms with Crippen LogP contribution in [0.3, 0.4) is 0 Å². The molecule has 0 fully saturated rings. The molecule has 3 aliphatic rings. The van der Waals surface area contributed by atoms with Gasteiger partial charge in [-0.25, -0.2) is 9.98 Å². The van der Waals surface area contributed by atoms with E-state index in [1.165, 1.54) is 44.5 Å². The number of fused-ring (bicyclic) bond motifs is 8. The minimum atomic E-state index is 0.870. The summed E-state index contributed by atoms with van der Waals surface area (Å²) in [5.74, 6) is 0. The molecule has 202 valence electrons. The van der Waals surface area contributed by atoms with Crippen LogP contribution >= 0.6 is 15.9 Å². The summed E-state index contributed by atoms with van der Waals surface area (Å²) in [5.41, 5.74) is 19.7. The highest BCUT2D eigenvalue weighted by molar-refractivity contribution is 9.10. The monoisotopic (exact) mass is 598 g/mol. The van der Waals surface area contributed by atoms with Crippen LogP contribution in [0.25, 0.3) is 22.5 Å². The fourth-order valence-electron chi connectivity index (χ4n) is 6.67. The van der Waals surface area contributed by atoms with Gasteiger partial charge in [-0.05, 0) is 133 Å². The number of benzene rings is 2. The van der Waals surface area contributed by atoms with E-state index in [2.05, 4.69) is 134 Å². The number of aromatic amines is 2. The normalized spacial score (nSPS) is 15.6. The van der Waals surface area contributed by atoms with Crippen LogP contribution in [0.4, 0.5) is 0 Å². The van der Waals surface area contributed by atoms with Gasteiger partial charge in [0.2, 0.25) is 0 Å². The molecule has 0 spiro atoms. The van der Waals surface area contributed by atoms with Crippen molar-refractivity contribution in [2.75, 3.05) is 0 Å².